The minimum Gasteiger partial charge on any atom is -0.485 e. The number of para-hydroxylation sites is 2. The lowest BCUT2D eigenvalue weighted by Crippen LogP contribution is -2.57. The lowest BCUT2D eigenvalue weighted by atomic mass is 10.2. The fourth-order valence-corrected chi connectivity index (χ4v) is 3.49. The monoisotopic (exact) mass is 400 g/mol. The van der Waals surface area contributed by atoms with Crippen LogP contribution in [0.25, 0.3) is 0 Å². The van der Waals surface area contributed by atoms with E-state index >= 15 is 0 Å². The van der Waals surface area contributed by atoms with Crippen molar-refractivity contribution in [1.82, 2.24) is 15.0 Å². The van der Waals surface area contributed by atoms with E-state index in [1.165, 1.54) is 0 Å². The standard InChI is InChI=1S/C20H24N4O5/c1-13-11-18(29-22-13)21-19(25)14(2)23-7-9-24(10-8-23)20(26)17-12-27-15-5-3-4-6-16(15)28-17/h3-6,11,14,17H,7-10,12H2,1-2H3,(H,21,25)/t14-,17+/m0/s1. The zero-order valence-electron chi connectivity index (χ0n) is 16.5. The van der Waals surface area contributed by atoms with E-state index in [-0.39, 0.29) is 24.5 Å². The molecular weight excluding hydrogens is 376 g/mol. The molecule has 0 aliphatic carbocycles. The first-order valence-electron chi connectivity index (χ1n) is 9.67. The smallest absolute Gasteiger partial charge is 0.267 e. The average molecular weight is 400 g/mol. The first kappa shape index (κ1) is 19.3. The molecule has 29 heavy (non-hydrogen) atoms. The minimum atomic E-state index is -0.646. The van der Waals surface area contributed by atoms with Crippen molar-refractivity contribution in [2.75, 3.05) is 38.1 Å². The number of hydrogen-bond donors (Lipinski definition) is 1. The van der Waals surface area contributed by atoms with Gasteiger partial charge in [-0.25, -0.2) is 0 Å². The van der Waals surface area contributed by atoms with Gasteiger partial charge in [0.2, 0.25) is 17.9 Å². The third-order valence-corrected chi connectivity index (χ3v) is 5.21. The Balaban J connectivity index is 1.29. The third-order valence-electron chi connectivity index (χ3n) is 5.21. The highest BCUT2D eigenvalue weighted by atomic mass is 16.6. The normalized spacial score (nSPS) is 20.2. The van der Waals surface area contributed by atoms with Crippen LogP contribution in [0.4, 0.5) is 5.88 Å². The molecule has 1 saturated heterocycles. The lowest BCUT2D eigenvalue weighted by Gasteiger charge is -2.39. The third kappa shape index (κ3) is 4.19. The first-order chi connectivity index (χ1) is 14.0. The van der Waals surface area contributed by atoms with Crippen LogP contribution in [0.1, 0.15) is 12.6 Å². The van der Waals surface area contributed by atoms with Crippen molar-refractivity contribution in [2.45, 2.75) is 26.0 Å². The maximum Gasteiger partial charge on any atom is 0.267 e. The van der Waals surface area contributed by atoms with E-state index in [2.05, 4.69) is 10.5 Å². The van der Waals surface area contributed by atoms with E-state index in [1.54, 1.807) is 24.0 Å². The highest BCUT2D eigenvalue weighted by molar-refractivity contribution is 5.93. The van der Waals surface area contributed by atoms with Crippen molar-refractivity contribution in [3.63, 3.8) is 0 Å². The highest BCUT2D eigenvalue weighted by Crippen LogP contribution is 2.31. The molecule has 154 valence electrons. The van der Waals surface area contributed by atoms with E-state index < -0.39 is 6.10 Å². The molecule has 0 saturated carbocycles. The predicted octanol–water partition coefficient (Wildman–Crippen LogP) is 1.29. The first-order valence-corrected chi connectivity index (χ1v) is 9.67. The summed E-state index contributed by atoms with van der Waals surface area (Å²) >= 11 is 0. The summed E-state index contributed by atoms with van der Waals surface area (Å²) in [6.45, 7) is 6.08. The molecule has 4 rings (SSSR count). The van der Waals surface area contributed by atoms with Crippen LogP contribution in [-0.4, -0.2) is 71.7 Å². The van der Waals surface area contributed by atoms with Crippen molar-refractivity contribution in [3.8, 4) is 11.5 Å². The van der Waals surface area contributed by atoms with Crippen molar-refractivity contribution < 1.29 is 23.6 Å². The predicted molar refractivity (Wildman–Crippen MR) is 104 cm³/mol. The molecule has 2 atom stereocenters. The summed E-state index contributed by atoms with van der Waals surface area (Å²) in [5.74, 6) is 1.32. The fraction of sp³-hybridized carbons (Fsp3) is 0.450. The zero-order chi connectivity index (χ0) is 20.4. The van der Waals surface area contributed by atoms with Crippen molar-refractivity contribution in [2.24, 2.45) is 0 Å². The molecule has 1 N–H and O–H groups in total. The fourth-order valence-electron chi connectivity index (χ4n) is 3.49. The molecule has 9 nitrogen and oxygen atoms in total. The van der Waals surface area contributed by atoms with Crippen LogP contribution in [0, 0.1) is 6.92 Å². The molecular formula is C20H24N4O5. The van der Waals surface area contributed by atoms with Gasteiger partial charge in [-0.3, -0.25) is 19.8 Å². The number of anilines is 1. The molecule has 1 aromatic heterocycles. The second-order valence-electron chi connectivity index (χ2n) is 7.22. The number of aryl methyl sites for hydroxylation is 1. The van der Waals surface area contributed by atoms with Crippen LogP contribution in [-0.2, 0) is 9.59 Å². The highest BCUT2D eigenvalue weighted by Gasteiger charge is 2.34. The van der Waals surface area contributed by atoms with Gasteiger partial charge >= 0.3 is 0 Å². The van der Waals surface area contributed by atoms with Gasteiger partial charge in [-0.05, 0) is 26.0 Å². The van der Waals surface area contributed by atoms with E-state index in [4.69, 9.17) is 14.0 Å². The molecule has 2 amide bonds. The molecule has 1 aromatic carbocycles. The van der Waals surface area contributed by atoms with E-state index in [1.807, 2.05) is 30.0 Å². The molecule has 3 heterocycles. The largest absolute Gasteiger partial charge is 0.485 e. The lowest BCUT2D eigenvalue weighted by molar-refractivity contribution is -0.143. The van der Waals surface area contributed by atoms with E-state index in [0.717, 1.165) is 0 Å². The molecule has 0 bridgehead atoms. The number of ether oxygens (including phenoxy) is 2. The summed E-state index contributed by atoms with van der Waals surface area (Å²) in [6, 6.07) is 8.65. The summed E-state index contributed by atoms with van der Waals surface area (Å²) < 4.78 is 16.5. The Kier molecular flexibility index (Phi) is 5.39. The number of rotatable bonds is 4. The van der Waals surface area contributed by atoms with Gasteiger partial charge in [0.15, 0.2) is 11.5 Å². The van der Waals surface area contributed by atoms with E-state index in [0.29, 0.717) is 49.3 Å². The maximum atomic E-state index is 12.8. The van der Waals surface area contributed by atoms with Gasteiger partial charge in [0.05, 0.1) is 11.7 Å². The van der Waals surface area contributed by atoms with Gasteiger partial charge in [-0.1, -0.05) is 17.3 Å². The maximum absolute atomic E-state index is 12.8. The van der Waals surface area contributed by atoms with Gasteiger partial charge in [-0.15, -0.1) is 0 Å². The van der Waals surface area contributed by atoms with Gasteiger partial charge in [0, 0.05) is 32.2 Å². The molecule has 9 heteroatoms. The number of carbonyl (C=O) groups is 2. The minimum absolute atomic E-state index is 0.0895. The van der Waals surface area contributed by atoms with Gasteiger partial charge < -0.3 is 18.9 Å². The molecule has 2 aromatic rings. The summed E-state index contributed by atoms with van der Waals surface area (Å²) in [6.07, 6.45) is -0.646. The molecule has 0 unspecified atom stereocenters. The van der Waals surface area contributed by atoms with E-state index in [9.17, 15) is 9.59 Å². The van der Waals surface area contributed by atoms with Crippen LogP contribution < -0.4 is 14.8 Å². The second kappa shape index (κ2) is 8.12. The molecule has 1 fully saturated rings. The Morgan fingerprint density at radius 2 is 1.90 bits per heavy atom. The van der Waals surface area contributed by atoms with Gasteiger partial charge in [0.1, 0.15) is 6.61 Å². The van der Waals surface area contributed by atoms with Crippen molar-refractivity contribution in [1.29, 1.82) is 0 Å². The van der Waals surface area contributed by atoms with Crippen molar-refractivity contribution in [3.05, 3.63) is 36.0 Å². The summed E-state index contributed by atoms with van der Waals surface area (Å²) in [7, 11) is 0. The van der Waals surface area contributed by atoms with Crippen LogP contribution in [0.3, 0.4) is 0 Å². The Hall–Kier alpha value is -3.07. The number of amides is 2. The molecule has 2 aliphatic heterocycles. The Labute approximate surface area is 168 Å². The number of piperazine rings is 1. The van der Waals surface area contributed by atoms with Crippen LogP contribution in [0.15, 0.2) is 34.9 Å². The van der Waals surface area contributed by atoms with Crippen LogP contribution in [0.5, 0.6) is 11.5 Å². The number of nitrogens with zero attached hydrogens (tertiary/aromatic N) is 3. The molecule has 2 aliphatic rings. The van der Waals surface area contributed by atoms with Crippen molar-refractivity contribution >= 4 is 17.7 Å². The van der Waals surface area contributed by atoms with Gasteiger partial charge in [0.25, 0.3) is 5.91 Å². The molecule has 0 radical (unpaired) electrons. The topological polar surface area (TPSA) is 97.1 Å². The Bertz CT molecular complexity index is 891. The Morgan fingerprint density at radius 3 is 2.59 bits per heavy atom. The van der Waals surface area contributed by atoms with Gasteiger partial charge in [-0.2, -0.15) is 0 Å². The van der Waals surface area contributed by atoms with Crippen LogP contribution in [0.2, 0.25) is 0 Å². The quantitative estimate of drug-likeness (QED) is 0.826. The van der Waals surface area contributed by atoms with Crippen LogP contribution >= 0.6 is 0 Å². The Morgan fingerprint density at radius 1 is 1.17 bits per heavy atom. The zero-order valence-corrected chi connectivity index (χ0v) is 16.5. The summed E-state index contributed by atoms with van der Waals surface area (Å²) in [5.41, 5.74) is 0.705. The summed E-state index contributed by atoms with van der Waals surface area (Å²) in [4.78, 5) is 29.1. The second-order valence-corrected chi connectivity index (χ2v) is 7.22. The average Bonchev–Trinajstić information content (AvgIpc) is 3.16. The number of benzene rings is 1. The number of carbonyl (C=O) groups excluding carboxylic acids is 2. The SMILES string of the molecule is Cc1cc(NC(=O)[C@H](C)N2CCN(C(=O)[C@H]3COc4ccccc4O3)CC2)on1. The number of aromatic nitrogens is 1. The summed E-state index contributed by atoms with van der Waals surface area (Å²) in [5, 5.41) is 6.49. The molecule has 0 spiro atoms. The number of nitrogens with one attached hydrogen (secondary N) is 1. The number of fused-ring (bicyclic) bond motifs is 1. The number of hydrogen-bond acceptors (Lipinski definition) is 7.